The van der Waals surface area contributed by atoms with Crippen LogP contribution in [-0.4, -0.2) is 44.3 Å². The first-order chi connectivity index (χ1) is 10.1. The van der Waals surface area contributed by atoms with Gasteiger partial charge < -0.3 is 15.7 Å². The zero-order valence-corrected chi connectivity index (χ0v) is 11.5. The number of rotatable bonds is 3. The summed E-state index contributed by atoms with van der Waals surface area (Å²) in [5, 5.41) is 20.1. The number of aromatic carboxylic acids is 1. The minimum Gasteiger partial charge on any atom is -0.478 e. The van der Waals surface area contributed by atoms with Crippen LogP contribution in [0.3, 0.4) is 0 Å². The summed E-state index contributed by atoms with van der Waals surface area (Å²) in [6, 6.07) is -0.00777. The van der Waals surface area contributed by atoms with Gasteiger partial charge in [-0.2, -0.15) is 5.10 Å². The minimum absolute atomic E-state index is 0.00777. The predicted octanol–water partition coefficient (Wildman–Crippen LogP) is 0.357. The van der Waals surface area contributed by atoms with Gasteiger partial charge in [0.05, 0.1) is 17.3 Å². The lowest BCUT2D eigenvalue weighted by molar-refractivity contribution is -0.122. The van der Waals surface area contributed by atoms with Gasteiger partial charge in [-0.3, -0.25) is 9.48 Å². The summed E-state index contributed by atoms with van der Waals surface area (Å²) in [5.74, 6) is -1.02. The van der Waals surface area contributed by atoms with Gasteiger partial charge in [-0.25, -0.2) is 9.78 Å². The van der Waals surface area contributed by atoms with Gasteiger partial charge in [0.1, 0.15) is 5.56 Å². The summed E-state index contributed by atoms with van der Waals surface area (Å²) in [6.45, 7) is 0.474. The van der Waals surface area contributed by atoms with Crippen LogP contribution in [0.5, 0.6) is 0 Å². The number of hydrogen-bond acceptors (Lipinski definition) is 5. The number of aromatic nitrogens is 3. The number of aryl methyl sites for hydroxylation is 1. The Kier molecular flexibility index (Phi) is 3.20. The topological polar surface area (TPSA) is 109 Å². The molecule has 21 heavy (non-hydrogen) atoms. The Morgan fingerprint density at radius 1 is 1.52 bits per heavy atom. The normalized spacial score (nSPS) is 18.5. The van der Waals surface area contributed by atoms with E-state index in [9.17, 15) is 14.7 Å². The molecule has 1 fully saturated rings. The van der Waals surface area contributed by atoms with Crippen molar-refractivity contribution in [3.05, 3.63) is 18.0 Å². The molecule has 0 bridgehead atoms. The van der Waals surface area contributed by atoms with Crippen molar-refractivity contribution in [2.75, 3.05) is 11.9 Å². The molecular formula is C13H15N5O3. The standard InChI is InChI=1S/C13H15N5O3/c1-18-12-8(6-16-18)11(9(5-15-12)13(20)21)17-7-2-3-10(19)14-4-7/h5-7H,2-4H2,1H3,(H,14,19)(H,15,17)(H,20,21). The summed E-state index contributed by atoms with van der Waals surface area (Å²) >= 11 is 0. The lowest BCUT2D eigenvalue weighted by Gasteiger charge is -2.25. The second-order valence-electron chi connectivity index (χ2n) is 5.04. The number of hydrogen-bond donors (Lipinski definition) is 3. The molecule has 3 rings (SSSR count). The highest BCUT2D eigenvalue weighted by Gasteiger charge is 2.22. The molecule has 1 atom stereocenters. The van der Waals surface area contributed by atoms with Crippen molar-refractivity contribution in [3.63, 3.8) is 0 Å². The Morgan fingerprint density at radius 2 is 2.33 bits per heavy atom. The van der Waals surface area contributed by atoms with Gasteiger partial charge >= 0.3 is 5.97 Å². The molecule has 1 saturated heterocycles. The Morgan fingerprint density at radius 3 is 3.00 bits per heavy atom. The fourth-order valence-corrected chi connectivity index (χ4v) is 2.47. The molecule has 8 heteroatoms. The monoisotopic (exact) mass is 289 g/mol. The zero-order valence-electron chi connectivity index (χ0n) is 11.5. The number of carbonyl (C=O) groups is 2. The highest BCUT2D eigenvalue weighted by molar-refractivity contribution is 6.03. The van der Waals surface area contributed by atoms with E-state index in [1.54, 1.807) is 17.9 Å². The highest BCUT2D eigenvalue weighted by atomic mass is 16.4. The van der Waals surface area contributed by atoms with Crippen LogP contribution in [0.2, 0.25) is 0 Å². The van der Waals surface area contributed by atoms with Crippen LogP contribution >= 0.6 is 0 Å². The number of carboxylic acid groups (broad SMARTS) is 1. The Labute approximate surface area is 120 Å². The van der Waals surface area contributed by atoms with Crippen LogP contribution < -0.4 is 10.6 Å². The largest absolute Gasteiger partial charge is 0.478 e. The van der Waals surface area contributed by atoms with Gasteiger partial charge in [-0.15, -0.1) is 0 Å². The predicted molar refractivity (Wildman–Crippen MR) is 75.1 cm³/mol. The van der Waals surface area contributed by atoms with E-state index in [2.05, 4.69) is 20.7 Å². The molecule has 3 N–H and O–H groups in total. The average Bonchev–Trinajstić information content (AvgIpc) is 2.83. The summed E-state index contributed by atoms with van der Waals surface area (Å²) in [7, 11) is 1.75. The lowest BCUT2D eigenvalue weighted by Crippen LogP contribution is -2.42. The van der Waals surface area contributed by atoms with Crippen molar-refractivity contribution in [2.24, 2.45) is 7.05 Å². The van der Waals surface area contributed by atoms with Gasteiger partial charge in [0, 0.05) is 32.3 Å². The lowest BCUT2D eigenvalue weighted by atomic mass is 10.1. The van der Waals surface area contributed by atoms with Crippen LogP contribution in [0.4, 0.5) is 5.69 Å². The first-order valence-corrected chi connectivity index (χ1v) is 6.63. The fourth-order valence-electron chi connectivity index (χ4n) is 2.47. The summed E-state index contributed by atoms with van der Waals surface area (Å²) in [6.07, 6.45) is 4.02. The van der Waals surface area contributed by atoms with Gasteiger partial charge in [-0.05, 0) is 6.42 Å². The van der Waals surface area contributed by atoms with Crippen molar-refractivity contribution in [1.29, 1.82) is 0 Å². The van der Waals surface area contributed by atoms with Crippen molar-refractivity contribution in [2.45, 2.75) is 18.9 Å². The van der Waals surface area contributed by atoms with Crippen LogP contribution in [0.1, 0.15) is 23.2 Å². The molecule has 0 saturated carbocycles. The van der Waals surface area contributed by atoms with Crippen LogP contribution in [-0.2, 0) is 11.8 Å². The highest BCUT2D eigenvalue weighted by Crippen LogP contribution is 2.27. The number of anilines is 1. The molecule has 1 amide bonds. The number of fused-ring (bicyclic) bond motifs is 1. The van der Waals surface area contributed by atoms with E-state index in [0.29, 0.717) is 36.1 Å². The molecule has 0 radical (unpaired) electrons. The van der Waals surface area contributed by atoms with E-state index in [4.69, 9.17) is 0 Å². The molecule has 8 nitrogen and oxygen atoms in total. The maximum Gasteiger partial charge on any atom is 0.339 e. The number of carboxylic acids is 1. The molecule has 2 aromatic rings. The first-order valence-electron chi connectivity index (χ1n) is 6.63. The molecule has 1 unspecified atom stereocenters. The molecule has 1 aliphatic heterocycles. The quantitative estimate of drug-likeness (QED) is 0.752. The molecule has 1 aliphatic rings. The fraction of sp³-hybridized carbons (Fsp3) is 0.385. The molecule has 3 heterocycles. The second-order valence-corrected chi connectivity index (χ2v) is 5.04. The third-order valence-corrected chi connectivity index (χ3v) is 3.61. The summed E-state index contributed by atoms with van der Waals surface area (Å²) in [5.41, 5.74) is 1.22. The van der Waals surface area contributed by atoms with Gasteiger partial charge in [0.15, 0.2) is 5.65 Å². The van der Waals surface area contributed by atoms with Crippen LogP contribution in [0.15, 0.2) is 12.4 Å². The second kappa shape index (κ2) is 5.04. The van der Waals surface area contributed by atoms with Gasteiger partial charge in [0.25, 0.3) is 0 Å². The summed E-state index contributed by atoms with van der Waals surface area (Å²) in [4.78, 5) is 26.7. The Bertz CT molecular complexity index is 714. The van der Waals surface area contributed by atoms with Gasteiger partial charge in [-0.1, -0.05) is 0 Å². The van der Waals surface area contributed by atoms with Crippen molar-refractivity contribution in [1.82, 2.24) is 20.1 Å². The molecule has 2 aromatic heterocycles. The molecule has 0 spiro atoms. The van der Waals surface area contributed by atoms with Crippen molar-refractivity contribution >= 4 is 28.6 Å². The van der Waals surface area contributed by atoms with E-state index in [0.717, 1.165) is 0 Å². The number of pyridine rings is 1. The number of nitrogens with one attached hydrogen (secondary N) is 2. The average molecular weight is 289 g/mol. The van der Waals surface area contributed by atoms with E-state index >= 15 is 0 Å². The van der Waals surface area contributed by atoms with E-state index in [-0.39, 0.29) is 17.5 Å². The number of amides is 1. The maximum atomic E-state index is 11.4. The van der Waals surface area contributed by atoms with E-state index in [1.807, 2.05) is 0 Å². The third kappa shape index (κ3) is 2.39. The third-order valence-electron chi connectivity index (χ3n) is 3.61. The Balaban J connectivity index is 2.00. The molecular weight excluding hydrogens is 274 g/mol. The van der Waals surface area contributed by atoms with Crippen LogP contribution in [0, 0.1) is 0 Å². The van der Waals surface area contributed by atoms with Crippen molar-refractivity contribution < 1.29 is 14.7 Å². The van der Waals surface area contributed by atoms with E-state index < -0.39 is 5.97 Å². The Hall–Kier alpha value is -2.64. The maximum absolute atomic E-state index is 11.4. The molecule has 0 aliphatic carbocycles. The number of piperidine rings is 1. The van der Waals surface area contributed by atoms with Crippen molar-refractivity contribution in [3.8, 4) is 0 Å². The molecule has 0 aromatic carbocycles. The first kappa shape index (κ1) is 13.3. The minimum atomic E-state index is -1.05. The SMILES string of the molecule is Cn1ncc2c(NC3CCC(=O)NC3)c(C(=O)O)cnc21. The van der Waals surface area contributed by atoms with Crippen LogP contribution in [0.25, 0.3) is 11.0 Å². The smallest absolute Gasteiger partial charge is 0.339 e. The van der Waals surface area contributed by atoms with E-state index in [1.165, 1.54) is 6.20 Å². The number of nitrogens with zero attached hydrogens (tertiary/aromatic N) is 3. The molecule has 110 valence electrons. The zero-order chi connectivity index (χ0) is 15.0. The van der Waals surface area contributed by atoms with Gasteiger partial charge in [0.2, 0.25) is 5.91 Å². The number of carbonyl (C=O) groups excluding carboxylic acids is 1. The summed E-state index contributed by atoms with van der Waals surface area (Å²) < 4.78 is 1.59.